The van der Waals surface area contributed by atoms with Crippen molar-refractivity contribution in [1.82, 2.24) is 0 Å². The summed E-state index contributed by atoms with van der Waals surface area (Å²) in [5.41, 5.74) is 0. The zero-order valence-corrected chi connectivity index (χ0v) is 5.69. The van der Waals surface area contributed by atoms with E-state index >= 15 is 0 Å². The van der Waals surface area contributed by atoms with Crippen LogP contribution < -0.4 is 0 Å². The fourth-order valence-electron chi connectivity index (χ4n) is 0.666. The van der Waals surface area contributed by atoms with Gasteiger partial charge in [0.25, 0.3) is 0 Å². The van der Waals surface area contributed by atoms with E-state index in [1.807, 2.05) is 0 Å². The number of aliphatic hydroxyl groups excluding tert-OH is 2. The minimum atomic E-state index is -1.26. The van der Waals surface area contributed by atoms with Crippen molar-refractivity contribution in [3.05, 3.63) is 6.61 Å². The number of rotatable bonds is 4. The molecule has 0 saturated carbocycles. The van der Waals surface area contributed by atoms with E-state index in [0.29, 0.717) is 13.0 Å². The van der Waals surface area contributed by atoms with Gasteiger partial charge in [0.1, 0.15) is 6.61 Å². The molecule has 2 unspecified atom stereocenters. The first-order valence-corrected chi connectivity index (χ1v) is 3.01. The number of aliphatic carboxylic acids is 1. The second-order valence-corrected chi connectivity index (χ2v) is 1.99. The number of hydrogen-bond acceptors (Lipinski definition) is 3. The summed E-state index contributed by atoms with van der Waals surface area (Å²) < 4.78 is 0. The SMILES string of the molecule is CCC(C(=O)O)C(O)[CH]O. The molecule has 0 aromatic heterocycles. The molecule has 1 radical (unpaired) electrons. The Labute approximate surface area is 59.1 Å². The van der Waals surface area contributed by atoms with Crippen LogP contribution in [0.5, 0.6) is 0 Å². The molecule has 2 atom stereocenters. The molecule has 0 heterocycles. The van der Waals surface area contributed by atoms with Crippen LogP contribution >= 0.6 is 0 Å². The average molecular weight is 147 g/mol. The van der Waals surface area contributed by atoms with E-state index in [9.17, 15) is 4.79 Å². The van der Waals surface area contributed by atoms with Gasteiger partial charge >= 0.3 is 5.97 Å². The van der Waals surface area contributed by atoms with Crippen LogP contribution in [0.25, 0.3) is 0 Å². The topological polar surface area (TPSA) is 77.8 Å². The third-order valence-corrected chi connectivity index (χ3v) is 1.32. The van der Waals surface area contributed by atoms with Crippen LogP contribution in [0.15, 0.2) is 0 Å². The molecule has 0 rings (SSSR count). The summed E-state index contributed by atoms with van der Waals surface area (Å²) in [6.07, 6.45) is -0.962. The maximum atomic E-state index is 10.2. The molecule has 3 N–H and O–H groups in total. The van der Waals surface area contributed by atoms with E-state index in [2.05, 4.69) is 0 Å². The lowest BCUT2D eigenvalue weighted by Crippen LogP contribution is -2.27. The normalized spacial score (nSPS) is 16.3. The second-order valence-electron chi connectivity index (χ2n) is 1.99. The van der Waals surface area contributed by atoms with Gasteiger partial charge in [0, 0.05) is 0 Å². The predicted octanol–water partition coefficient (Wildman–Crippen LogP) is -0.00761. The largest absolute Gasteiger partial charge is 0.481 e. The van der Waals surface area contributed by atoms with E-state index < -0.39 is 18.0 Å². The highest BCUT2D eigenvalue weighted by Gasteiger charge is 2.23. The van der Waals surface area contributed by atoms with E-state index in [1.54, 1.807) is 6.92 Å². The molecule has 0 saturated heterocycles. The Morgan fingerprint density at radius 1 is 1.70 bits per heavy atom. The van der Waals surface area contributed by atoms with E-state index in [-0.39, 0.29) is 0 Å². The lowest BCUT2D eigenvalue weighted by atomic mass is 10.0. The Morgan fingerprint density at radius 3 is 2.30 bits per heavy atom. The quantitative estimate of drug-likeness (QED) is 0.522. The Kier molecular flexibility index (Phi) is 3.99. The van der Waals surface area contributed by atoms with Gasteiger partial charge < -0.3 is 15.3 Å². The van der Waals surface area contributed by atoms with Crippen molar-refractivity contribution in [3.63, 3.8) is 0 Å². The molecular weight excluding hydrogens is 136 g/mol. The van der Waals surface area contributed by atoms with Crippen LogP contribution in [0.3, 0.4) is 0 Å². The minimum Gasteiger partial charge on any atom is -0.481 e. The van der Waals surface area contributed by atoms with Gasteiger partial charge in [-0.2, -0.15) is 0 Å². The van der Waals surface area contributed by atoms with Crippen molar-refractivity contribution in [2.75, 3.05) is 0 Å². The average Bonchev–Trinajstić information content (AvgIpc) is 1.88. The van der Waals surface area contributed by atoms with Crippen molar-refractivity contribution in [2.24, 2.45) is 5.92 Å². The molecule has 0 aliphatic carbocycles. The third kappa shape index (κ3) is 2.33. The van der Waals surface area contributed by atoms with Gasteiger partial charge in [-0.25, -0.2) is 0 Å². The highest BCUT2D eigenvalue weighted by molar-refractivity contribution is 5.70. The molecule has 59 valence electrons. The lowest BCUT2D eigenvalue weighted by Gasteiger charge is -2.13. The molecule has 4 heteroatoms. The molecule has 0 aromatic rings. The molecular formula is C6H11O4. The van der Waals surface area contributed by atoms with E-state index in [1.165, 1.54) is 0 Å². The summed E-state index contributed by atoms with van der Waals surface area (Å²) >= 11 is 0. The Hall–Kier alpha value is -0.610. The standard InChI is InChI=1S/C6H11O4/c1-2-4(6(9)10)5(8)3-7/h3-5,7-8H,2H2,1H3,(H,9,10). The molecule has 0 aliphatic rings. The molecule has 0 amide bonds. The van der Waals surface area contributed by atoms with Crippen LogP contribution in [-0.2, 0) is 4.79 Å². The van der Waals surface area contributed by atoms with Crippen LogP contribution in [0, 0.1) is 12.5 Å². The fraction of sp³-hybridized carbons (Fsp3) is 0.667. The third-order valence-electron chi connectivity index (χ3n) is 1.32. The number of carboxylic acids is 1. The van der Waals surface area contributed by atoms with Crippen LogP contribution in [0.1, 0.15) is 13.3 Å². The first kappa shape index (κ1) is 9.39. The van der Waals surface area contributed by atoms with Crippen molar-refractivity contribution in [2.45, 2.75) is 19.4 Å². The molecule has 0 aliphatic heterocycles. The summed E-state index contributed by atoms with van der Waals surface area (Å²) in [6.45, 7) is 2.12. The molecule has 4 nitrogen and oxygen atoms in total. The van der Waals surface area contributed by atoms with Crippen LogP contribution in [0.4, 0.5) is 0 Å². The molecule has 0 aromatic carbocycles. The van der Waals surface area contributed by atoms with Gasteiger partial charge in [-0.15, -0.1) is 0 Å². The first-order chi connectivity index (χ1) is 4.63. The summed E-state index contributed by atoms with van der Waals surface area (Å²) in [7, 11) is 0. The zero-order chi connectivity index (χ0) is 8.15. The summed E-state index contributed by atoms with van der Waals surface area (Å²) in [6, 6.07) is 0. The predicted molar refractivity (Wildman–Crippen MR) is 33.7 cm³/mol. The smallest absolute Gasteiger partial charge is 0.309 e. The maximum Gasteiger partial charge on any atom is 0.309 e. The number of carboxylic acid groups (broad SMARTS) is 1. The van der Waals surface area contributed by atoms with Gasteiger partial charge in [0.2, 0.25) is 0 Å². The zero-order valence-electron chi connectivity index (χ0n) is 5.69. The fourth-order valence-corrected chi connectivity index (χ4v) is 0.666. The van der Waals surface area contributed by atoms with Gasteiger partial charge in [0.05, 0.1) is 12.0 Å². The van der Waals surface area contributed by atoms with Crippen LogP contribution in [0.2, 0.25) is 0 Å². The van der Waals surface area contributed by atoms with Gasteiger partial charge in [-0.05, 0) is 6.42 Å². The maximum absolute atomic E-state index is 10.2. The number of hydrogen-bond donors (Lipinski definition) is 3. The van der Waals surface area contributed by atoms with Crippen molar-refractivity contribution in [1.29, 1.82) is 0 Å². The van der Waals surface area contributed by atoms with Gasteiger partial charge in [0.15, 0.2) is 0 Å². The van der Waals surface area contributed by atoms with Crippen molar-refractivity contribution >= 4 is 5.97 Å². The first-order valence-electron chi connectivity index (χ1n) is 3.01. The Morgan fingerprint density at radius 2 is 2.20 bits per heavy atom. The van der Waals surface area contributed by atoms with Crippen LogP contribution in [-0.4, -0.2) is 27.4 Å². The summed E-state index contributed by atoms with van der Waals surface area (Å²) in [5.74, 6) is -2.00. The second kappa shape index (κ2) is 4.24. The minimum absolute atomic E-state index is 0.299. The molecule has 0 bridgehead atoms. The van der Waals surface area contributed by atoms with E-state index in [0.717, 1.165) is 0 Å². The number of carbonyl (C=O) groups is 1. The van der Waals surface area contributed by atoms with Crippen molar-refractivity contribution < 1.29 is 20.1 Å². The monoisotopic (exact) mass is 147 g/mol. The molecule has 0 fully saturated rings. The van der Waals surface area contributed by atoms with Crippen molar-refractivity contribution in [3.8, 4) is 0 Å². The molecule has 0 spiro atoms. The highest BCUT2D eigenvalue weighted by atomic mass is 16.4. The summed E-state index contributed by atoms with van der Waals surface area (Å²) in [4.78, 5) is 10.2. The van der Waals surface area contributed by atoms with Gasteiger partial charge in [-0.1, -0.05) is 6.92 Å². The van der Waals surface area contributed by atoms with Gasteiger partial charge in [-0.3, -0.25) is 4.79 Å². The summed E-state index contributed by atoms with van der Waals surface area (Å²) in [5, 5.41) is 25.4. The Balaban J connectivity index is 3.92. The molecule has 10 heavy (non-hydrogen) atoms. The number of aliphatic hydroxyl groups is 2. The Bertz CT molecular complexity index is 112. The highest BCUT2D eigenvalue weighted by Crippen LogP contribution is 2.09. The van der Waals surface area contributed by atoms with E-state index in [4.69, 9.17) is 15.3 Å². The lowest BCUT2D eigenvalue weighted by molar-refractivity contribution is -0.145.